The van der Waals surface area contributed by atoms with Crippen molar-refractivity contribution in [1.82, 2.24) is 58.6 Å². The Bertz CT molecular complexity index is 2440. The quantitative estimate of drug-likeness (QED) is 0.0903. The van der Waals surface area contributed by atoms with E-state index in [1.165, 1.54) is 19.8 Å². The SMILES string of the molecule is CO[C@H]1C(O)[C@@H](CN2CCOCC2)O[C@H]1n1cnc2c(=O)[nH]c(N=CN(C)C)nc21.CO[C@H]1C(O[Si](C)(C)C(C)(C)C)[C@@H](CN2CCOCC2)O[C@H]1n1cnc2c(=O)[nH]c(N=CN(C)C)nc21. The van der Waals surface area contributed by atoms with Crippen LogP contribution in [0, 0.1) is 0 Å². The van der Waals surface area contributed by atoms with Gasteiger partial charge in [0.25, 0.3) is 11.1 Å². The number of imidazole rings is 2. The van der Waals surface area contributed by atoms with Crippen LogP contribution < -0.4 is 11.1 Å². The van der Waals surface area contributed by atoms with E-state index in [0.29, 0.717) is 50.8 Å². The van der Waals surface area contributed by atoms with Gasteiger partial charge in [-0.1, -0.05) is 20.8 Å². The van der Waals surface area contributed by atoms with E-state index < -0.39 is 50.7 Å². The zero-order valence-electron chi connectivity index (χ0n) is 40.5. The minimum Gasteiger partial charge on any atom is -0.408 e. The van der Waals surface area contributed by atoms with Gasteiger partial charge in [-0.05, 0) is 18.1 Å². The number of ether oxygens (including phenoxy) is 6. The summed E-state index contributed by atoms with van der Waals surface area (Å²) >= 11 is 0. The Morgan fingerprint density at radius 1 is 0.746 bits per heavy atom. The summed E-state index contributed by atoms with van der Waals surface area (Å²) in [5.41, 5.74) is 0.336. The Morgan fingerprint density at radius 2 is 1.18 bits per heavy atom. The summed E-state index contributed by atoms with van der Waals surface area (Å²) in [5.74, 6) is 0.346. The van der Waals surface area contributed by atoms with Crippen molar-refractivity contribution in [1.29, 1.82) is 0 Å². The standard InChI is InChI=1S/C24H41N7O5Si.C18H27N7O5/c1-24(2,3)37(7,8)36-18-16(13-30-9-11-34-12-10-30)35-22(19(18)33-6)31-15-25-17-20(31)27-23(28-21(17)32)26-14-29(4)5;1-23(2)9-20-18-21-15-12(16(27)22-18)19-10-25(15)17-14(28-3)13(26)11(30-17)8-24-4-6-29-7-5-24/h14-16,18-19,22H,9-13H2,1-8H3,(H,27,28,32);9-11,13-14,17,26H,4-8H2,1-3H3,(H,21,22,27)/t16-,18?,19+,22-;11-,13?,14+,17-/m11/s1. The molecule has 370 valence electrons. The van der Waals surface area contributed by atoms with Crippen molar-refractivity contribution < 1.29 is 38.0 Å². The fraction of sp³-hybridized carbons (Fsp3) is 0.714. The van der Waals surface area contributed by atoms with Crippen LogP contribution in [0.15, 0.2) is 32.2 Å². The highest BCUT2D eigenvalue weighted by Gasteiger charge is 2.52. The van der Waals surface area contributed by atoms with Gasteiger partial charge in [0, 0.05) is 81.7 Å². The second kappa shape index (κ2) is 21.4. The zero-order valence-corrected chi connectivity index (χ0v) is 41.5. The third-order valence-corrected chi connectivity index (χ3v) is 17.1. The molecular weight excluding hydrogens is 889 g/mol. The smallest absolute Gasteiger partial charge is 0.280 e. The number of fused-ring (bicyclic) bond motifs is 2. The van der Waals surface area contributed by atoms with Crippen LogP contribution in [0.25, 0.3) is 22.3 Å². The van der Waals surface area contributed by atoms with Gasteiger partial charge in [0.2, 0.25) is 11.9 Å². The molecule has 0 spiro atoms. The van der Waals surface area contributed by atoms with E-state index in [1.54, 1.807) is 38.7 Å². The van der Waals surface area contributed by atoms with Gasteiger partial charge in [-0.25, -0.2) is 20.0 Å². The number of aliphatic imine (C=N–C) groups is 2. The molecule has 4 aromatic rings. The molecule has 0 saturated carbocycles. The molecule has 2 unspecified atom stereocenters. The summed E-state index contributed by atoms with van der Waals surface area (Å²) in [6.07, 6.45) is 2.03. The van der Waals surface area contributed by atoms with Gasteiger partial charge in [-0.15, -0.1) is 0 Å². The van der Waals surface area contributed by atoms with E-state index in [9.17, 15) is 14.7 Å². The number of aliphatic hydroxyl groups is 1. The molecular formula is C42H68N14O10Si. The molecule has 0 aliphatic carbocycles. The lowest BCUT2D eigenvalue weighted by Crippen LogP contribution is -2.52. The number of hydrogen-bond acceptors (Lipinski definition) is 18. The Labute approximate surface area is 390 Å². The highest BCUT2D eigenvalue weighted by Crippen LogP contribution is 2.43. The predicted molar refractivity (Wildman–Crippen MR) is 252 cm³/mol. The van der Waals surface area contributed by atoms with Gasteiger partial charge >= 0.3 is 0 Å². The largest absolute Gasteiger partial charge is 0.408 e. The molecule has 8 atom stereocenters. The second-order valence-corrected chi connectivity index (χ2v) is 23.8. The summed E-state index contributed by atoms with van der Waals surface area (Å²) in [6, 6.07) is 0. The second-order valence-electron chi connectivity index (χ2n) is 19.0. The number of nitrogens with one attached hydrogen (secondary N) is 2. The third kappa shape index (κ3) is 11.5. The van der Waals surface area contributed by atoms with Crippen molar-refractivity contribution in [3.05, 3.63) is 33.4 Å². The van der Waals surface area contributed by atoms with Crippen molar-refractivity contribution >= 4 is 55.2 Å². The van der Waals surface area contributed by atoms with Gasteiger partial charge in [0.05, 0.1) is 51.8 Å². The van der Waals surface area contributed by atoms with E-state index >= 15 is 0 Å². The average Bonchev–Trinajstić information content (AvgIpc) is 4.06. The Balaban J connectivity index is 0.000000203. The molecule has 4 aliphatic rings. The maximum absolute atomic E-state index is 12.7. The highest BCUT2D eigenvalue weighted by molar-refractivity contribution is 6.74. The number of rotatable bonds is 14. The van der Waals surface area contributed by atoms with Gasteiger partial charge < -0.3 is 47.8 Å². The van der Waals surface area contributed by atoms with E-state index in [1.807, 2.05) is 28.2 Å². The van der Waals surface area contributed by atoms with Crippen LogP contribution in [0.1, 0.15) is 33.2 Å². The normalized spacial score (nSPS) is 26.9. The van der Waals surface area contributed by atoms with Gasteiger partial charge in [0.1, 0.15) is 36.6 Å². The number of aliphatic hydroxyl groups excluding tert-OH is 1. The van der Waals surface area contributed by atoms with Gasteiger partial charge in [-0.3, -0.25) is 38.5 Å². The first-order valence-electron chi connectivity index (χ1n) is 22.6. The maximum Gasteiger partial charge on any atom is 0.280 e. The predicted octanol–water partition coefficient (Wildman–Crippen LogP) is 0.923. The first kappa shape index (κ1) is 50.3. The van der Waals surface area contributed by atoms with Crippen molar-refractivity contribution in [2.75, 3.05) is 108 Å². The minimum atomic E-state index is -2.17. The topological polar surface area (TPSA) is 250 Å². The number of methoxy groups -OCH3 is 2. The molecule has 4 aliphatic heterocycles. The summed E-state index contributed by atoms with van der Waals surface area (Å²) in [4.78, 5) is 64.4. The average molecular weight is 957 g/mol. The van der Waals surface area contributed by atoms with Gasteiger partial charge in [-0.2, -0.15) is 9.97 Å². The number of hydrogen-bond donors (Lipinski definition) is 3. The van der Waals surface area contributed by atoms with Crippen LogP contribution in [-0.2, 0) is 32.8 Å². The number of nitrogens with zero attached hydrogens (tertiary/aromatic N) is 12. The van der Waals surface area contributed by atoms with Gasteiger partial charge in [0.15, 0.2) is 43.1 Å². The lowest BCUT2D eigenvalue weighted by Gasteiger charge is -2.41. The number of aromatic amines is 2. The van der Waals surface area contributed by atoms with Crippen LogP contribution in [0.5, 0.6) is 0 Å². The molecule has 0 bridgehead atoms. The Kier molecular flexibility index (Phi) is 16.1. The molecule has 0 radical (unpaired) electrons. The van der Waals surface area contributed by atoms with Crippen LogP contribution in [0.3, 0.4) is 0 Å². The number of H-pyrrole nitrogens is 2. The van der Waals surface area contributed by atoms with E-state index in [-0.39, 0.29) is 45.7 Å². The summed E-state index contributed by atoms with van der Waals surface area (Å²) in [6.45, 7) is 18.4. The van der Waals surface area contributed by atoms with Crippen LogP contribution in [0.4, 0.5) is 11.9 Å². The number of morpholine rings is 2. The van der Waals surface area contributed by atoms with Crippen LogP contribution in [0.2, 0.25) is 18.1 Å². The van der Waals surface area contributed by atoms with E-state index in [2.05, 4.69) is 83.6 Å². The first-order chi connectivity index (χ1) is 31.9. The fourth-order valence-corrected chi connectivity index (χ4v) is 9.40. The molecule has 24 nitrogen and oxygen atoms in total. The molecule has 0 amide bonds. The third-order valence-electron chi connectivity index (χ3n) is 12.7. The van der Waals surface area contributed by atoms with E-state index in [4.69, 9.17) is 32.8 Å². The molecule has 0 aromatic carbocycles. The molecule has 4 saturated heterocycles. The van der Waals surface area contributed by atoms with Crippen LogP contribution >= 0.6 is 0 Å². The molecule has 67 heavy (non-hydrogen) atoms. The minimum absolute atomic E-state index is 0.0167. The Hall–Kier alpha value is -4.54. The molecule has 8 heterocycles. The number of aromatic nitrogens is 8. The molecule has 25 heteroatoms. The molecule has 8 rings (SSSR count). The Morgan fingerprint density at radius 3 is 1.61 bits per heavy atom. The molecule has 4 fully saturated rings. The fourth-order valence-electron chi connectivity index (χ4n) is 8.08. The van der Waals surface area contributed by atoms with Crippen molar-refractivity contribution in [3.8, 4) is 0 Å². The lowest BCUT2D eigenvalue weighted by molar-refractivity contribution is -0.0604. The summed E-state index contributed by atoms with van der Waals surface area (Å²) in [7, 11) is 8.35. The van der Waals surface area contributed by atoms with E-state index in [0.717, 1.165) is 26.2 Å². The summed E-state index contributed by atoms with van der Waals surface area (Å²) in [5, 5.41) is 10.8. The molecule has 3 N–H and O–H groups in total. The lowest BCUT2D eigenvalue weighted by atomic mass is 10.1. The van der Waals surface area contributed by atoms with Crippen molar-refractivity contribution in [2.45, 2.75) is 88.0 Å². The molecule has 4 aromatic heterocycles. The maximum atomic E-state index is 12.7. The summed E-state index contributed by atoms with van der Waals surface area (Å²) < 4.78 is 45.7. The van der Waals surface area contributed by atoms with Crippen LogP contribution in [-0.4, -0.2) is 229 Å². The highest BCUT2D eigenvalue weighted by atomic mass is 28.4. The monoisotopic (exact) mass is 957 g/mol. The van der Waals surface area contributed by atoms with Crippen molar-refractivity contribution in [2.24, 2.45) is 9.98 Å². The van der Waals surface area contributed by atoms with Crippen molar-refractivity contribution in [3.63, 3.8) is 0 Å². The zero-order chi connectivity index (χ0) is 48.2. The first-order valence-corrected chi connectivity index (χ1v) is 25.5.